The predicted octanol–water partition coefficient (Wildman–Crippen LogP) is 11.7. The summed E-state index contributed by atoms with van der Waals surface area (Å²) in [5, 5.41) is 30.0. The third kappa shape index (κ3) is 48.3. The molecule has 0 aliphatic heterocycles. The number of allylic oxidation sites excluding steroid dienone is 14. The van der Waals surface area contributed by atoms with Gasteiger partial charge in [0.1, 0.15) is 31.5 Å². The highest BCUT2D eigenvalue weighted by molar-refractivity contribution is 7.47. The van der Waals surface area contributed by atoms with Gasteiger partial charge in [0.2, 0.25) is 0 Å². The zero-order valence-electron chi connectivity index (χ0n) is 41.2. The lowest BCUT2D eigenvalue weighted by Crippen LogP contribution is -2.25. The van der Waals surface area contributed by atoms with Gasteiger partial charge in [-0.2, -0.15) is 0 Å². The van der Waals surface area contributed by atoms with Gasteiger partial charge >= 0.3 is 27.6 Å². The lowest BCUT2D eigenvalue weighted by molar-refractivity contribution is -0.148. The first kappa shape index (κ1) is 65.2. The standard InChI is InChI=1S/C51H88O15P2/c1-3-5-7-9-11-13-15-17-19-21-22-24-26-28-30-32-34-36-38-40-51(56)62-42-48(53)44-64-68(59,60)66-46-49(54)45-65-67(57,58)63-43-47(52)41-61-50(55)39-37-35-33-31-29-27-25-23-20-18-16-14-12-10-8-6-4-2/h6,8,11-14,17-20,25,27,31,33,47-49,52-54H,3-5,7,9-10,15-16,21-24,26,28-30,32,34-46H2,1-2H3,(H,57,58)(H,59,60)/b8-6-,13-11-,14-12-,19-17-,20-18-,27-25-,33-31-. The molecule has 5 N–H and O–H groups in total. The molecule has 0 aliphatic rings. The van der Waals surface area contributed by atoms with Crippen LogP contribution in [0, 0.1) is 0 Å². The van der Waals surface area contributed by atoms with Gasteiger partial charge in [0.25, 0.3) is 0 Å². The molecule has 17 heteroatoms. The molecule has 0 aromatic rings. The third-order valence-corrected chi connectivity index (χ3v) is 11.7. The van der Waals surface area contributed by atoms with Gasteiger partial charge in [0.15, 0.2) is 0 Å². The number of unbranched alkanes of at least 4 members (excludes halogenated alkanes) is 13. The number of carbonyl (C=O) groups excluding carboxylic acids is 2. The molecule has 0 saturated carbocycles. The number of phosphoric ester groups is 2. The summed E-state index contributed by atoms with van der Waals surface area (Å²) in [6.07, 6.45) is 48.6. The summed E-state index contributed by atoms with van der Waals surface area (Å²) in [5.41, 5.74) is 0. The van der Waals surface area contributed by atoms with Crippen molar-refractivity contribution in [3.8, 4) is 0 Å². The summed E-state index contributed by atoms with van der Waals surface area (Å²) in [5.74, 6) is -1.06. The molecule has 0 aromatic carbocycles. The molecule has 0 amide bonds. The monoisotopic (exact) mass is 1000 g/mol. The third-order valence-electron chi connectivity index (χ3n) is 9.83. The molecule has 5 atom stereocenters. The average Bonchev–Trinajstić information content (AvgIpc) is 3.31. The molecular weight excluding hydrogens is 914 g/mol. The fourth-order valence-corrected chi connectivity index (χ4v) is 7.57. The van der Waals surface area contributed by atoms with Crippen molar-refractivity contribution in [1.29, 1.82) is 0 Å². The topological polar surface area (TPSA) is 225 Å². The van der Waals surface area contributed by atoms with Crippen molar-refractivity contribution < 1.29 is 71.4 Å². The molecule has 0 bridgehead atoms. The lowest BCUT2D eigenvalue weighted by Gasteiger charge is -2.19. The fraction of sp³-hybridized carbons (Fsp3) is 0.686. The molecule has 68 heavy (non-hydrogen) atoms. The maximum Gasteiger partial charge on any atom is 0.472 e. The van der Waals surface area contributed by atoms with Gasteiger partial charge in [0.05, 0.1) is 26.4 Å². The Kier molecular flexibility index (Phi) is 44.7. The average molecular weight is 1000 g/mol. The Morgan fingerprint density at radius 2 is 0.691 bits per heavy atom. The largest absolute Gasteiger partial charge is 0.472 e. The Labute approximate surface area is 408 Å². The predicted molar refractivity (Wildman–Crippen MR) is 270 cm³/mol. The van der Waals surface area contributed by atoms with Crippen LogP contribution in [0.4, 0.5) is 0 Å². The first-order valence-corrected chi connectivity index (χ1v) is 27.9. The van der Waals surface area contributed by atoms with Crippen molar-refractivity contribution >= 4 is 27.6 Å². The van der Waals surface area contributed by atoms with Gasteiger partial charge in [-0.1, -0.05) is 157 Å². The Balaban J connectivity index is 3.93. The van der Waals surface area contributed by atoms with Crippen molar-refractivity contribution in [3.05, 3.63) is 85.1 Å². The highest BCUT2D eigenvalue weighted by Crippen LogP contribution is 2.45. The number of aliphatic hydroxyl groups is 3. The maximum absolute atomic E-state index is 12.2. The van der Waals surface area contributed by atoms with Gasteiger partial charge in [-0.15, -0.1) is 0 Å². The van der Waals surface area contributed by atoms with Crippen LogP contribution in [0.2, 0.25) is 0 Å². The van der Waals surface area contributed by atoms with Crippen LogP contribution in [0.3, 0.4) is 0 Å². The zero-order valence-corrected chi connectivity index (χ0v) is 43.0. The van der Waals surface area contributed by atoms with Gasteiger partial charge in [-0.3, -0.25) is 27.7 Å². The number of rotatable bonds is 47. The quantitative estimate of drug-likeness (QED) is 0.0165. The van der Waals surface area contributed by atoms with Crippen LogP contribution < -0.4 is 0 Å². The van der Waals surface area contributed by atoms with Crippen LogP contribution in [0.1, 0.15) is 168 Å². The molecule has 0 spiro atoms. The Hall–Kier alpha value is -2.78. The van der Waals surface area contributed by atoms with Crippen molar-refractivity contribution in [3.63, 3.8) is 0 Å². The van der Waals surface area contributed by atoms with Gasteiger partial charge < -0.3 is 34.6 Å². The molecule has 0 saturated heterocycles. The van der Waals surface area contributed by atoms with Crippen LogP contribution in [0.15, 0.2) is 85.1 Å². The lowest BCUT2D eigenvalue weighted by atomic mass is 10.1. The Morgan fingerprint density at radius 1 is 0.397 bits per heavy atom. The molecule has 0 fully saturated rings. The minimum Gasteiger partial charge on any atom is -0.463 e. The van der Waals surface area contributed by atoms with Gasteiger partial charge in [-0.05, 0) is 83.5 Å². The molecule has 15 nitrogen and oxygen atoms in total. The Morgan fingerprint density at radius 3 is 1.07 bits per heavy atom. The summed E-state index contributed by atoms with van der Waals surface area (Å²) in [6, 6.07) is 0. The second kappa shape index (κ2) is 46.6. The summed E-state index contributed by atoms with van der Waals surface area (Å²) in [4.78, 5) is 43.8. The van der Waals surface area contributed by atoms with E-state index < -0.39 is 85.5 Å². The van der Waals surface area contributed by atoms with E-state index in [0.717, 1.165) is 64.2 Å². The summed E-state index contributed by atoms with van der Waals surface area (Å²) < 4.78 is 53.0. The summed E-state index contributed by atoms with van der Waals surface area (Å²) in [7, 11) is -9.60. The van der Waals surface area contributed by atoms with E-state index in [-0.39, 0.29) is 12.8 Å². The number of hydrogen-bond acceptors (Lipinski definition) is 13. The first-order chi connectivity index (χ1) is 32.8. The van der Waals surface area contributed by atoms with Crippen LogP contribution >= 0.6 is 15.6 Å². The van der Waals surface area contributed by atoms with Crippen LogP contribution in [-0.2, 0) is 46.3 Å². The van der Waals surface area contributed by atoms with E-state index in [1.54, 1.807) is 0 Å². The number of esters is 2. The van der Waals surface area contributed by atoms with Gasteiger partial charge in [0, 0.05) is 12.8 Å². The minimum atomic E-state index is -4.80. The zero-order chi connectivity index (χ0) is 50.2. The van der Waals surface area contributed by atoms with E-state index >= 15 is 0 Å². The van der Waals surface area contributed by atoms with E-state index in [1.165, 1.54) is 57.8 Å². The SMILES string of the molecule is CC/C=C\C/C=C\C/C=C\C/C=C\C/C=C\CCCC(=O)OCC(O)COP(=O)(O)OCC(O)COP(=O)(O)OCC(O)COC(=O)CCCCCCCCCCC/C=C\C/C=C\CCCCC. The van der Waals surface area contributed by atoms with Crippen molar-refractivity contribution in [2.45, 2.75) is 186 Å². The van der Waals surface area contributed by atoms with E-state index in [1.807, 2.05) is 12.2 Å². The molecule has 0 radical (unpaired) electrons. The molecule has 0 rings (SSSR count). The van der Waals surface area contributed by atoms with Crippen LogP contribution in [0.5, 0.6) is 0 Å². The van der Waals surface area contributed by atoms with Crippen LogP contribution in [-0.4, -0.2) is 95.0 Å². The number of aliphatic hydroxyl groups excluding tert-OH is 3. The number of phosphoric acid groups is 2. The normalized spacial score (nSPS) is 15.7. The number of hydrogen-bond donors (Lipinski definition) is 5. The highest BCUT2D eigenvalue weighted by Gasteiger charge is 2.28. The number of carbonyl (C=O) groups is 2. The molecule has 5 unspecified atom stereocenters. The highest BCUT2D eigenvalue weighted by atomic mass is 31.2. The molecule has 0 aliphatic carbocycles. The second-order valence-corrected chi connectivity index (χ2v) is 19.3. The van der Waals surface area contributed by atoms with Crippen molar-refractivity contribution in [1.82, 2.24) is 0 Å². The van der Waals surface area contributed by atoms with Crippen molar-refractivity contribution in [2.75, 3.05) is 39.6 Å². The first-order valence-electron chi connectivity index (χ1n) is 24.9. The van der Waals surface area contributed by atoms with Gasteiger partial charge in [-0.25, -0.2) is 9.13 Å². The van der Waals surface area contributed by atoms with E-state index in [2.05, 4.69) is 105 Å². The number of ether oxygens (including phenoxy) is 2. The summed E-state index contributed by atoms with van der Waals surface area (Å²) >= 11 is 0. The van der Waals surface area contributed by atoms with Crippen molar-refractivity contribution in [2.24, 2.45) is 0 Å². The molecule has 392 valence electrons. The second-order valence-electron chi connectivity index (χ2n) is 16.4. The molecule has 0 aromatic heterocycles. The molecular formula is C51H88O15P2. The molecule has 0 heterocycles. The Bertz CT molecular complexity index is 1540. The smallest absolute Gasteiger partial charge is 0.463 e. The van der Waals surface area contributed by atoms with E-state index in [4.69, 9.17) is 9.47 Å². The minimum absolute atomic E-state index is 0.114. The fourth-order valence-electron chi connectivity index (χ4n) is 5.98. The van der Waals surface area contributed by atoms with Crippen LogP contribution in [0.25, 0.3) is 0 Å². The summed E-state index contributed by atoms with van der Waals surface area (Å²) in [6.45, 7) is 0.199. The van der Waals surface area contributed by atoms with E-state index in [9.17, 15) is 43.8 Å². The van der Waals surface area contributed by atoms with E-state index in [0.29, 0.717) is 19.3 Å². The maximum atomic E-state index is 12.2.